The maximum Gasteiger partial charge on any atom is -0.0126 e. The number of rotatable bonds is 1. The van der Waals surface area contributed by atoms with Crippen molar-refractivity contribution in [1.82, 2.24) is 0 Å². The monoisotopic (exact) mass is 244 g/mol. The van der Waals surface area contributed by atoms with Gasteiger partial charge in [-0.3, -0.25) is 0 Å². The van der Waals surface area contributed by atoms with Crippen molar-refractivity contribution in [3.8, 4) is 0 Å². The van der Waals surface area contributed by atoms with Crippen molar-refractivity contribution in [1.29, 1.82) is 0 Å². The lowest BCUT2D eigenvalue weighted by Gasteiger charge is -2.33. The zero-order chi connectivity index (χ0) is 14.1. The second-order valence-corrected chi connectivity index (χ2v) is 7.31. The van der Waals surface area contributed by atoms with Crippen LogP contribution in [0.25, 0.3) is 5.57 Å². The molecule has 100 valence electrons. The lowest BCUT2D eigenvalue weighted by atomic mass is 9.72. The van der Waals surface area contributed by atoms with E-state index in [0.29, 0.717) is 0 Å². The van der Waals surface area contributed by atoms with Crippen molar-refractivity contribution < 1.29 is 0 Å². The van der Waals surface area contributed by atoms with Crippen molar-refractivity contribution >= 4 is 5.57 Å². The fraction of sp³-hybridized carbons (Fsp3) is 0.556. The molecule has 1 aromatic rings. The highest BCUT2D eigenvalue weighted by molar-refractivity contribution is 5.74. The van der Waals surface area contributed by atoms with Crippen molar-refractivity contribution in [3.05, 3.63) is 41.0 Å². The molecule has 1 rings (SSSR count). The second-order valence-electron chi connectivity index (χ2n) is 7.31. The van der Waals surface area contributed by atoms with Gasteiger partial charge in [0.15, 0.2) is 0 Å². The average molecular weight is 244 g/mol. The van der Waals surface area contributed by atoms with Crippen molar-refractivity contribution in [2.45, 2.75) is 55.4 Å². The average Bonchev–Trinajstić information content (AvgIpc) is 2.17. The predicted molar refractivity (Wildman–Crippen MR) is 82.7 cm³/mol. The fourth-order valence-electron chi connectivity index (χ4n) is 2.40. The Kier molecular flexibility index (Phi) is 4.10. The summed E-state index contributed by atoms with van der Waals surface area (Å²) in [5, 5.41) is 0. The maximum absolute atomic E-state index is 2.31. The minimum atomic E-state index is 0.170. The summed E-state index contributed by atoms with van der Waals surface area (Å²) in [6.45, 7) is 18.3. The van der Waals surface area contributed by atoms with Gasteiger partial charge in [-0.2, -0.15) is 0 Å². The van der Waals surface area contributed by atoms with Crippen LogP contribution in [-0.2, 0) is 0 Å². The number of hydrogen-bond acceptors (Lipinski definition) is 0. The molecule has 0 aliphatic heterocycles. The molecule has 1 aromatic carbocycles. The highest BCUT2D eigenvalue weighted by Gasteiger charge is 2.27. The van der Waals surface area contributed by atoms with Crippen LogP contribution in [0.2, 0.25) is 0 Å². The third-order valence-electron chi connectivity index (χ3n) is 3.66. The molecule has 0 bridgehead atoms. The lowest BCUT2D eigenvalue weighted by molar-refractivity contribution is 0.483. The first kappa shape index (κ1) is 15.0. The van der Waals surface area contributed by atoms with Crippen molar-refractivity contribution in [2.24, 2.45) is 10.8 Å². The van der Waals surface area contributed by atoms with Gasteiger partial charge >= 0.3 is 0 Å². The van der Waals surface area contributed by atoms with Crippen LogP contribution < -0.4 is 0 Å². The number of allylic oxidation sites excluding steroid dienone is 2. The Morgan fingerprint density at radius 2 is 1.33 bits per heavy atom. The van der Waals surface area contributed by atoms with E-state index in [1.807, 2.05) is 0 Å². The SMILES string of the molecule is CC(=C(c1ccccc1C)C(C)(C)C)C(C)(C)C. The largest absolute Gasteiger partial charge is 0.0636 e. The fourth-order valence-corrected chi connectivity index (χ4v) is 2.40. The molecular formula is C18H28. The molecule has 0 saturated heterocycles. The molecule has 0 spiro atoms. The van der Waals surface area contributed by atoms with Gasteiger partial charge < -0.3 is 0 Å². The predicted octanol–water partition coefficient (Wildman–Crippen LogP) is 5.86. The smallest absolute Gasteiger partial charge is 0.0126 e. The summed E-state index contributed by atoms with van der Waals surface area (Å²) in [5.41, 5.74) is 6.13. The van der Waals surface area contributed by atoms with Crippen LogP contribution in [0.15, 0.2) is 29.8 Å². The topological polar surface area (TPSA) is 0 Å². The Labute approximate surface area is 113 Å². The van der Waals surface area contributed by atoms with Gasteiger partial charge in [-0.25, -0.2) is 0 Å². The molecule has 0 heteroatoms. The third-order valence-corrected chi connectivity index (χ3v) is 3.66. The van der Waals surface area contributed by atoms with Gasteiger partial charge in [0.2, 0.25) is 0 Å². The summed E-state index contributed by atoms with van der Waals surface area (Å²) in [4.78, 5) is 0. The zero-order valence-electron chi connectivity index (χ0n) is 13.3. The summed E-state index contributed by atoms with van der Waals surface area (Å²) in [5.74, 6) is 0. The Morgan fingerprint density at radius 1 is 0.833 bits per heavy atom. The minimum absolute atomic E-state index is 0.170. The van der Waals surface area contributed by atoms with Gasteiger partial charge in [-0.15, -0.1) is 0 Å². The van der Waals surface area contributed by atoms with Gasteiger partial charge in [0, 0.05) is 0 Å². The first-order valence-electron chi connectivity index (χ1n) is 6.83. The maximum atomic E-state index is 2.31. The molecule has 0 aliphatic rings. The first-order chi connectivity index (χ1) is 8.05. The summed E-state index contributed by atoms with van der Waals surface area (Å²) in [6.07, 6.45) is 0. The third kappa shape index (κ3) is 3.25. The van der Waals surface area contributed by atoms with Gasteiger partial charge in [0.1, 0.15) is 0 Å². The first-order valence-corrected chi connectivity index (χ1v) is 6.83. The highest BCUT2D eigenvalue weighted by Crippen LogP contribution is 2.42. The Morgan fingerprint density at radius 3 is 1.72 bits per heavy atom. The normalized spacial score (nSPS) is 14.4. The van der Waals surface area contributed by atoms with Crippen molar-refractivity contribution in [3.63, 3.8) is 0 Å². The number of hydrogen-bond donors (Lipinski definition) is 0. The second kappa shape index (κ2) is 4.91. The van der Waals surface area contributed by atoms with E-state index in [2.05, 4.69) is 79.7 Å². The molecule has 0 heterocycles. The zero-order valence-corrected chi connectivity index (χ0v) is 13.3. The summed E-state index contributed by atoms with van der Waals surface area (Å²) in [7, 11) is 0. The molecule has 0 unspecified atom stereocenters. The Balaban J connectivity index is 3.57. The van der Waals surface area contributed by atoms with Crippen LogP contribution >= 0.6 is 0 Å². The van der Waals surface area contributed by atoms with Gasteiger partial charge in [0.05, 0.1) is 0 Å². The van der Waals surface area contributed by atoms with E-state index in [0.717, 1.165) is 0 Å². The molecule has 0 radical (unpaired) electrons. The standard InChI is InChI=1S/C18H28/c1-13-11-9-10-12-15(13)16(18(6,7)8)14(2)17(3,4)5/h9-12H,1-8H3. The van der Waals surface area contributed by atoms with Crippen molar-refractivity contribution in [2.75, 3.05) is 0 Å². The van der Waals surface area contributed by atoms with Crippen LogP contribution in [0.4, 0.5) is 0 Å². The molecule has 18 heavy (non-hydrogen) atoms. The molecular weight excluding hydrogens is 216 g/mol. The van der Waals surface area contributed by atoms with Crippen LogP contribution in [-0.4, -0.2) is 0 Å². The van der Waals surface area contributed by atoms with E-state index in [4.69, 9.17) is 0 Å². The van der Waals surface area contributed by atoms with Gasteiger partial charge in [-0.1, -0.05) is 71.4 Å². The van der Waals surface area contributed by atoms with E-state index >= 15 is 0 Å². The Hall–Kier alpha value is -1.04. The number of aryl methyl sites for hydroxylation is 1. The van der Waals surface area contributed by atoms with E-state index in [-0.39, 0.29) is 10.8 Å². The molecule has 0 aliphatic carbocycles. The summed E-state index contributed by atoms with van der Waals surface area (Å²) < 4.78 is 0. The molecule has 0 atom stereocenters. The van der Waals surface area contributed by atoms with E-state index in [1.54, 1.807) is 0 Å². The summed E-state index contributed by atoms with van der Waals surface area (Å²) >= 11 is 0. The van der Waals surface area contributed by atoms with Crippen LogP contribution in [0.5, 0.6) is 0 Å². The Bertz CT molecular complexity index is 448. The molecule has 0 aromatic heterocycles. The molecule has 0 fully saturated rings. The van der Waals surface area contributed by atoms with Crippen LogP contribution in [0, 0.1) is 17.8 Å². The van der Waals surface area contributed by atoms with E-state index in [9.17, 15) is 0 Å². The molecule has 0 N–H and O–H groups in total. The minimum Gasteiger partial charge on any atom is -0.0636 e. The lowest BCUT2D eigenvalue weighted by Crippen LogP contribution is -2.17. The highest BCUT2D eigenvalue weighted by atomic mass is 14.3. The van der Waals surface area contributed by atoms with Gasteiger partial charge in [0.25, 0.3) is 0 Å². The van der Waals surface area contributed by atoms with E-state index < -0.39 is 0 Å². The molecule has 0 saturated carbocycles. The summed E-state index contributed by atoms with van der Waals surface area (Å²) in [6, 6.07) is 8.72. The van der Waals surface area contributed by atoms with E-state index in [1.165, 1.54) is 22.3 Å². The van der Waals surface area contributed by atoms with Gasteiger partial charge in [-0.05, 0) is 41.4 Å². The quantitative estimate of drug-likeness (QED) is 0.580. The number of benzene rings is 1. The van der Waals surface area contributed by atoms with Crippen LogP contribution in [0.1, 0.15) is 59.6 Å². The molecule has 0 nitrogen and oxygen atoms in total. The molecule has 0 amide bonds. The van der Waals surface area contributed by atoms with Crippen LogP contribution in [0.3, 0.4) is 0 Å².